The quantitative estimate of drug-likeness (QED) is 0.151. The summed E-state index contributed by atoms with van der Waals surface area (Å²) in [6.07, 6.45) is 6.67. The van der Waals surface area contributed by atoms with Gasteiger partial charge in [-0.3, -0.25) is 0 Å². The van der Waals surface area contributed by atoms with Crippen LogP contribution in [0, 0.1) is 5.92 Å². The zero-order valence-electron chi connectivity index (χ0n) is 49.8. The zero-order chi connectivity index (χ0) is 58.9. The lowest BCUT2D eigenvalue weighted by Gasteiger charge is -2.51. The number of fused-ring (bicyclic) bond motifs is 17. The Morgan fingerprint density at radius 3 is 1.15 bits per heavy atom. The SMILES string of the molecule is CC1(C)c2ccccc2-c2ccc(N(c3ccccc3)c3ccc(C4=CC=CC5C4Oc4c(-c6ccc(N(c7ccccc7)c7ccc8c(c7)C(C)(C)c7ccccc7-8)cc6)cccc4C54c5ccccc5-c5ccccc5-c5ccccc54)cc3)cc21. The summed E-state index contributed by atoms with van der Waals surface area (Å²) in [5.74, 6) is 0.764. The summed E-state index contributed by atoms with van der Waals surface area (Å²) in [6, 6.07) is 106. The minimum Gasteiger partial charge on any atom is -0.484 e. The van der Waals surface area contributed by atoms with E-state index in [1.54, 1.807) is 0 Å². The van der Waals surface area contributed by atoms with Crippen LogP contribution in [0.3, 0.4) is 0 Å². The van der Waals surface area contributed by atoms with Crippen LogP contribution < -0.4 is 14.5 Å². The molecule has 17 rings (SSSR count). The molecule has 3 nitrogen and oxygen atoms in total. The number of benzene rings is 12. The van der Waals surface area contributed by atoms with Gasteiger partial charge in [-0.2, -0.15) is 0 Å². The van der Waals surface area contributed by atoms with Crippen molar-refractivity contribution < 1.29 is 4.74 Å². The summed E-state index contributed by atoms with van der Waals surface area (Å²) in [7, 11) is 0. The highest BCUT2D eigenvalue weighted by atomic mass is 16.5. The highest BCUT2D eigenvalue weighted by Gasteiger charge is 2.56. The van der Waals surface area contributed by atoms with Crippen LogP contribution in [-0.2, 0) is 16.2 Å². The Morgan fingerprint density at radius 2 is 0.659 bits per heavy atom. The Balaban J connectivity index is 0.811. The maximum absolute atomic E-state index is 7.93. The van der Waals surface area contributed by atoms with Gasteiger partial charge in [-0.1, -0.05) is 258 Å². The van der Waals surface area contributed by atoms with Gasteiger partial charge in [-0.25, -0.2) is 0 Å². The van der Waals surface area contributed by atoms with E-state index in [0.717, 1.165) is 67.7 Å². The van der Waals surface area contributed by atoms with Crippen LogP contribution in [0.2, 0.25) is 0 Å². The fourth-order valence-electron chi connectivity index (χ4n) is 16.1. The summed E-state index contributed by atoms with van der Waals surface area (Å²) in [5.41, 5.74) is 29.5. The first-order valence-electron chi connectivity index (χ1n) is 31.1. The van der Waals surface area contributed by atoms with Gasteiger partial charge >= 0.3 is 0 Å². The number of ether oxygens (including phenoxy) is 1. The molecule has 88 heavy (non-hydrogen) atoms. The molecule has 0 bridgehead atoms. The van der Waals surface area contributed by atoms with Gasteiger partial charge in [0.25, 0.3) is 0 Å². The fourth-order valence-corrected chi connectivity index (χ4v) is 16.1. The van der Waals surface area contributed by atoms with E-state index in [-0.39, 0.29) is 22.9 Å². The first-order chi connectivity index (χ1) is 43.2. The molecule has 0 aromatic heterocycles. The second kappa shape index (κ2) is 19.8. The van der Waals surface area contributed by atoms with Gasteiger partial charge in [0.2, 0.25) is 0 Å². The van der Waals surface area contributed by atoms with Crippen LogP contribution >= 0.6 is 0 Å². The van der Waals surface area contributed by atoms with Crippen LogP contribution in [0.15, 0.2) is 303 Å². The first kappa shape index (κ1) is 51.9. The van der Waals surface area contributed by atoms with Crippen LogP contribution in [0.4, 0.5) is 34.1 Å². The van der Waals surface area contributed by atoms with Crippen LogP contribution in [0.1, 0.15) is 72.2 Å². The molecule has 1 heterocycles. The summed E-state index contributed by atoms with van der Waals surface area (Å²) in [5, 5.41) is 0. The topological polar surface area (TPSA) is 15.7 Å². The van der Waals surface area contributed by atoms with Gasteiger partial charge in [0.05, 0.1) is 5.41 Å². The average molecular weight is 1130 g/mol. The lowest BCUT2D eigenvalue weighted by molar-refractivity contribution is 0.149. The normalized spacial score (nSPS) is 16.8. The van der Waals surface area contributed by atoms with Crippen LogP contribution in [0.25, 0.3) is 61.2 Å². The molecule has 4 aliphatic carbocycles. The average Bonchev–Trinajstić information content (AvgIpc) is 1.15. The molecule has 0 fully saturated rings. The molecule has 0 saturated heterocycles. The Hall–Kier alpha value is -10.5. The third-order valence-electron chi connectivity index (χ3n) is 20.2. The Morgan fingerprint density at radius 1 is 0.295 bits per heavy atom. The molecule has 12 aromatic rings. The molecule has 2 unspecified atom stereocenters. The highest BCUT2D eigenvalue weighted by molar-refractivity contribution is 5.95. The molecule has 1 aliphatic heterocycles. The van der Waals surface area contributed by atoms with Gasteiger partial charge < -0.3 is 14.5 Å². The van der Waals surface area contributed by atoms with E-state index in [1.165, 1.54) is 77.9 Å². The van der Waals surface area contributed by atoms with Gasteiger partial charge in [0.1, 0.15) is 11.9 Å². The van der Waals surface area contributed by atoms with E-state index in [4.69, 9.17) is 4.74 Å². The highest BCUT2D eigenvalue weighted by Crippen LogP contribution is 2.63. The molecule has 12 aromatic carbocycles. The van der Waals surface area contributed by atoms with E-state index in [1.807, 2.05) is 0 Å². The number of allylic oxidation sites excluding steroid dienone is 2. The van der Waals surface area contributed by atoms with Crippen molar-refractivity contribution in [3.8, 4) is 61.4 Å². The molecule has 0 saturated carbocycles. The van der Waals surface area contributed by atoms with Crippen molar-refractivity contribution >= 4 is 39.7 Å². The second-order valence-electron chi connectivity index (χ2n) is 25.4. The van der Waals surface area contributed by atoms with Crippen molar-refractivity contribution in [1.82, 2.24) is 0 Å². The van der Waals surface area contributed by atoms with Crippen LogP contribution in [-0.4, -0.2) is 6.10 Å². The molecule has 0 amide bonds. The first-order valence-corrected chi connectivity index (χ1v) is 31.1. The maximum Gasteiger partial charge on any atom is 0.132 e. The van der Waals surface area contributed by atoms with E-state index in [2.05, 4.69) is 341 Å². The van der Waals surface area contributed by atoms with E-state index >= 15 is 0 Å². The monoisotopic (exact) mass is 1130 g/mol. The summed E-state index contributed by atoms with van der Waals surface area (Å²) in [6.45, 7) is 9.44. The van der Waals surface area contributed by atoms with Crippen molar-refractivity contribution in [2.45, 2.75) is 50.0 Å². The third kappa shape index (κ3) is 7.63. The van der Waals surface area contributed by atoms with Crippen molar-refractivity contribution in [1.29, 1.82) is 0 Å². The summed E-state index contributed by atoms with van der Waals surface area (Å²) < 4.78 is 7.93. The number of rotatable bonds is 8. The third-order valence-corrected chi connectivity index (χ3v) is 20.2. The van der Waals surface area contributed by atoms with Crippen molar-refractivity contribution in [3.63, 3.8) is 0 Å². The smallest absolute Gasteiger partial charge is 0.132 e. The van der Waals surface area contributed by atoms with E-state index in [0.29, 0.717) is 0 Å². The molecular weight excluding hydrogens is 1060 g/mol. The van der Waals surface area contributed by atoms with Crippen molar-refractivity contribution in [2.75, 3.05) is 9.80 Å². The molecule has 0 N–H and O–H groups in total. The number of nitrogens with zero attached hydrogens (tertiary/aromatic N) is 2. The Labute approximate surface area is 516 Å². The molecule has 420 valence electrons. The van der Waals surface area contributed by atoms with Crippen molar-refractivity contribution in [3.05, 3.63) is 348 Å². The second-order valence-corrected chi connectivity index (χ2v) is 25.4. The molecule has 3 heteroatoms. The fraction of sp³-hybridized carbons (Fsp3) is 0.106. The summed E-state index contributed by atoms with van der Waals surface area (Å²) >= 11 is 0. The summed E-state index contributed by atoms with van der Waals surface area (Å²) in [4.78, 5) is 4.81. The minimum absolute atomic E-state index is 0.134. The molecule has 1 spiro atoms. The standard InChI is InChI=1S/C85H64N2O/c1-83(2)73-35-17-13-31-69(73)71-51-49-61(53-79(71)83)86(57-23-7-5-8-24-57)59-45-41-55(42-46-59)63-33-21-39-77-81(63)88-82-64(34-22-40-78(82)85(77)75-37-19-15-29-67(75)65-27-11-12-28-66(65)68-30-16-20-38-76(68)85)56-43-47-60(48-44-56)87(58-25-9-6-10-26-58)62-50-52-72-70-32-14-18-36-74(70)84(3,4)80(72)54-62/h5-54,77,81H,1-4H3. The number of hydrogen-bond donors (Lipinski definition) is 0. The maximum atomic E-state index is 7.93. The van der Waals surface area contributed by atoms with Gasteiger partial charge in [-0.05, 0) is 162 Å². The molecular formula is C85H64N2O. The molecule has 5 aliphatic rings. The zero-order valence-corrected chi connectivity index (χ0v) is 49.8. The number of hydrogen-bond acceptors (Lipinski definition) is 3. The number of para-hydroxylation sites is 3. The van der Waals surface area contributed by atoms with Gasteiger partial charge in [-0.15, -0.1) is 0 Å². The lowest BCUT2D eigenvalue weighted by atomic mass is 9.56. The van der Waals surface area contributed by atoms with E-state index in [9.17, 15) is 0 Å². The van der Waals surface area contributed by atoms with Crippen molar-refractivity contribution in [2.24, 2.45) is 5.92 Å². The van der Waals surface area contributed by atoms with Crippen LogP contribution in [0.5, 0.6) is 5.75 Å². The predicted molar refractivity (Wildman–Crippen MR) is 365 cm³/mol. The van der Waals surface area contributed by atoms with Gasteiger partial charge in [0.15, 0.2) is 0 Å². The lowest BCUT2D eigenvalue weighted by Crippen LogP contribution is -2.50. The van der Waals surface area contributed by atoms with E-state index < -0.39 is 5.41 Å². The largest absolute Gasteiger partial charge is 0.484 e. The Kier molecular flexibility index (Phi) is 11.7. The predicted octanol–water partition coefficient (Wildman–Crippen LogP) is 21.9. The minimum atomic E-state index is -0.688. The number of anilines is 6. The molecule has 0 radical (unpaired) electrons. The molecule has 2 atom stereocenters. The Bertz CT molecular complexity index is 4770. The van der Waals surface area contributed by atoms with Gasteiger partial charge in [0, 0.05) is 67.6 Å².